The molecule has 10 fully saturated rings. The molecule has 2 heteroatoms. The molecule has 0 aromatic rings. The monoisotopic (exact) mass is 518 g/mol. The van der Waals surface area contributed by atoms with Crippen molar-refractivity contribution in [3.63, 3.8) is 0 Å². The van der Waals surface area contributed by atoms with Gasteiger partial charge in [0, 0.05) is 6.84 Å². The lowest BCUT2D eigenvalue weighted by Gasteiger charge is -2.72. The van der Waals surface area contributed by atoms with Crippen LogP contribution in [-0.2, 0) is 0 Å². The molecule has 10 saturated carbocycles. The van der Waals surface area contributed by atoms with Gasteiger partial charge < -0.3 is 0 Å². The highest BCUT2D eigenvalue weighted by Crippen LogP contribution is 2.98. The molecule has 10 aliphatic rings. The van der Waals surface area contributed by atoms with Gasteiger partial charge in [-0.2, -0.15) is 0 Å². The van der Waals surface area contributed by atoms with Gasteiger partial charge in [-0.1, -0.05) is 45.2 Å². The van der Waals surface area contributed by atoms with E-state index < -0.39 is 0 Å². The SMILES string of the molecule is IC12CC3CC4(CC3C1)C1(I)C3CCC1C1C3C3CCC1C324. The molecule has 10 aliphatic carbocycles. The maximum Gasteiger partial charge on any atom is 0.0346 e. The Hall–Kier alpha value is 1.46. The highest BCUT2D eigenvalue weighted by atomic mass is 127. The summed E-state index contributed by atoms with van der Waals surface area (Å²) >= 11 is 6.24. The summed E-state index contributed by atoms with van der Waals surface area (Å²) in [4.78, 5) is 0. The maximum absolute atomic E-state index is 3.15. The fourth-order valence-corrected chi connectivity index (χ4v) is 17.0. The minimum absolute atomic E-state index is 0.742. The lowest BCUT2D eigenvalue weighted by Crippen LogP contribution is -2.72. The van der Waals surface area contributed by atoms with Crippen LogP contribution in [0.25, 0.3) is 0 Å². The first kappa shape index (κ1) is 12.8. The molecule has 2 spiro atoms. The van der Waals surface area contributed by atoms with Crippen LogP contribution in [0.4, 0.5) is 0 Å². The summed E-state index contributed by atoms with van der Waals surface area (Å²) < 4.78 is 1.51. The fourth-order valence-electron chi connectivity index (χ4n) is 12.2. The van der Waals surface area contributed by atoms with E-state index in [1.165, 1.54) is 23.7 Å². The third-order valence-electron chi connectivity index (χ3n) is 11.5. The molecule has 22 heavy (non-hydrogen) atoms. The normalized spacial score (nSPS) is 83.2. The molecular formula is C20H24I2. The molecule has 0 aliphatic heterocycles. The second-order valence-corrected chi connectivity index (χ2v) is 14.6. The average molecular weight is 518 g/mol. The number of halogens is 2. The van der Waals surface area contributed by atoms with Gasteiger partial charge in [-0.05, 0) is 110 Å². The highest BCUT2D eigenvalue weighted by Gasteiger charge is 2.95. The van der Waals surface area contributed by atoms with Gasteiger partial charge in [0.05, 0.1) is 0 Å². The second-order valence-electron chi connectivity index (χ2n) is 10.8. The zero-order chi connectivity index (χ0) is 14.3. The third-order valence-corrected chi connectivity index (χ3v) is 15.9. The van der Waals surface area contributed by atoms with Gasteiger partial charge in [0.1, 0.15) is 0 Å². The molecule has 8 unspecified atom stereocenters. The van der Waals surface area contributed by atoms with E-state index in [0.717, 1.165) is 41.3 Å². The van der Waals surface area contributed by atoms with Crippen LogP contribution in [0.2, 0.25) is 0 Å². The van der Waals surface area contributed by atoms with Gasteiger partial charge in [0.2, 0.25) is 0 Å². The first-order valence-electron chi connectivity index (χ1n) is 9.96. The van der Waals surface area contributed by atoms with Crippen LogP contribution >= 0.6 is 45.2 Å². The number of hydrogen-bond donors (Lipinski definition) is 0. The largest absolute Gasteiger partial charge is 0.0782 e. The molecule has 0 N–H and O–H groups in total. The summed E-state index contributed by atoms with van der Waals surface area (Å²) in [6, 6.07) is 0. The molecule has 0 aromatic heterocycles. The minimum atomic E-state index is 0.742. The Morgan fingerprint density at radius 3 is 1.68 bits per heavy atom. The van der Waals surface area contributed by atoms with Crippen molar-refractivity contribution >= 4 is 45.2 Å². The summed E-state index contributed by atoms with van der Waals surface area (Å²) in [6.45, 7) is 0. The second kappa shape index (κ2) is 3.13. The van der Waals surface area contributed by atoms with E-state index in [2.05, 4.69) is 45.2 Å². The highest BCUT2D eigenvalue weighted by molar-refractivity contribution is 14.1. The van der Waals surface area contributed by atoms with E-state index in [1.807, 2.05) is 0 Å². The van der Waals surface area contributed by atoms with Gasteiger partial charge in [0.25, 0.3) is 0 Å². The zero-order valence-electron chi connectivity index (χ0n) is 13.0. The first-order chi connectivity index (χ1) is 10.6. The van der Waals surface area contributed by atoms with Crippen molar-refractivity contribution < 1.29 is 0 Å². The summed E-state index contributed by atoms with van der Waals surface area (Å²) in [6.07, 6.45) is 13.2. The Bertz CT molecular complexity index is 612. The molecule has 0 aromatic carbocycles. The van der Waals surface area contributed by atoms with Crippen LogP contribution in [0.1, 0.15) is 51.4 Å². The van der Waals surface area contributed by atoms with E-state index in [0.29, 0.717) is 0 Å². The minimum Gasteiger partial charge on any atom is -0.0782 e. The van der Waals surface area contributed by atoms with Gasteiger partial charge in [-0.3, -0.25) is 0 Å². The third kappa shape index (κ3) is 0.793. The summed E-state index contributed by atoms with van der Waals surface area (Å²) in [7, 11) is 0. The summed E-state index contributed by atoms with van der Waals surface area (Å²) in [5, 5.41) is 0. The summed E-state index contributed by atoms with van der Waals surface area (Å²) in [5.41, 5.74) is 1.65. The fraction of sp³-hybridized carbons (Fsp3) is 1.00. The van der Waals surface area contributed by atoms with E-state index in [-0.39, 0.29) is 0 Å². The topological polar surface area (TPSA) is 0 Å². The predicted molar refractivity (Wildman–Crippen MR) is 103 cm³/mol. The predicted octanol–water partition coefficient (Wildman–Crippen LogP) is 5.47. The van der Waals surface area contributed by atoms with Crippen molar-refractivity contribution in [2.45, 2.75) is 58.2 Å². The molecule has 10 rings (SSSR count). The smallest absolute Gasteiger partial charge is 0.0346 e. The molecule has 12 bridgehead atoms. The Balaban J connectivity index is 1.55. The molecule has 0 amide bonds. The molecule has 0 radical (unpaired) electrons. The molecular weight excluding hydrogens is 494 g/mol. The van der Waals surface area contributed by atoms with Crippen LogP contribution in [0.3, 0.4) is 0 Å². The number of alkyl halides is 2. The number of rotatable bonds is 0. The van der Waals surface area contributed by atoms with Crippen molar-refractivity contribution in [3.05, 3.63) is 0 Å². The van der Waals surface area contributed by atoms with Crippen LogP contribution in [0, 0.1) is 58.2 Å². The molecule has 118 valence electrons. The Labute approximate surface area is 160 Å². The van der Waals surface area contributed by atoms with Crippen molar-refractivity contribution in [3.8, 4) is 0 Å². The molecule has 0 nitrogen and oxygen atoms in total. The first-order valence-corrected chi connectivity index (χ1v) is 12.1. The van der Waals surface area contributed by atoms with Crippen molar-refractivity contribution in [2.24, 2.45) is 58.2 Å². The van der Waals surface area contributed by atoms with Gasteiger partial charge >= 0.3 is 0 Å². The van der Waals surface area contributed by atoms with E-state index in [1.54, 1.807) is 51.4 Å². The van der Waals surface area contributed by atoms with Gasteiger partial charge in [-0.25, -0.2) is 0 Å². The summed E-state index contributed by atoms with van der Waals surface area (Å²) in [5.74, 6) is 9.35. The van der Waals surface area contributed by atoms with Crippen molar-refractivity contribution in [1.29, 1.82) is 0 Å². The lowest BCUT2D eigenvalue weighted by atomic mass is 9.37. The maximum atomic E-state index is 3.15. The molecule has 0 heterocycles. The van der Waals surface area contributed by atoms with Gasteiger partial charge in [-0.15, -0.1) is 0 Å². The standard InChI is InChI=1S/C20H24I2/c21-18-7-9-5-17(6-10(9)8-18)19(18)11-1-2-12(19)16-14-4-3-13(15(11)16)20(14,17)22/h9-16H,1-8H2. The quantitative estimate of drug-likeness (QED) is 0.295. The lowest BCUT2D eigenvalue weighted by molar-refractivity contribution is -0.155. The number of hydrogen-bond acceptors (Lipinski definition) is 0. The average Bonchev–Trinajstić information content (AvgIpc) is 3.23. The Kier molecular flexibility index (Phi) is 1.82. The van der Waals surface area contributed by atoms with Crippen LogP contribution in [0.5, 0.6) is 0 Å². The van der Waals surface area contributed by atoms with Crippen molar-refractivity contribution in [2.75, 3.05) is 0 Å². The molecule has 0 saturated heterocycles. The Morgan fingerprint density at radius 2 is 1.14 bits per heavy atom. The van der Waals surface area contributed by atoms with Crippen LogP contribution in [0.15, 0.2) is 0 Å². The zero-order valence-corrected chi connectivity index (χ0v) is 17.3. The van der Waals surface area contributed by atoms with E-state index >= 15 is 0 Å². The van der Waals surface area contributed by atoms with Crippen LogP contribution in [-0.4, -0.2) is 6.84 Å². The van der Waals surface area contributed by atoms with Gasteiger partial charge in [0.15, 0.2) is 0 Å². The van der Waals surface area contributed by atoms with Crippen LogP contribution < -0.4 is 0 Å². The van der Waals surface area contributed by atoms with Crippen molar-refractivity contribution in [1.82, 2.24) is 0 Å². The van der Waals surface area contributed by atoms with E-state index in [9.17, 15) is 0 Å². The van der Waals surface area contributed by atoms with E-state index in [4.69, 9.17) is 0 Å². The molecule has 8 atom stereocenters. The Morgan fingerprint density at radius 1 is 0.636 bits per heavy atom.